The molecule has 2 saturated heterocycles. The number of rotatable bonds is 7. The van der Waals surface area contributed by atoms with Gasteiger partial charge in [0.05, 0.1) is 0 Å². The number of hydrogen-bond donors (Lipinski definition) is 1. The Morgan fingerprint density at radius 2 is 2.00 bits per heavy atom. The van der Waals surface area contributed by atoms with Gasteiger partial charge in [-0.15, -0.1) is 0 Å². The number of nitrogens with zero attached hydrogens (tertiary/aromatic N) is 1. The van der Waals surface area contributed by atoms with E-state index in [1.54, 1.807) is 0 Å². The van der Waals surface area contributed by atoms with Crippen LogP contribution in [-0.4, -0.2) is 36.1 Å². The number of likely N-dealkylation sites (tertiary alicyclic amines) is 1. The van der Waals surface area contributed by atoms with Crippen LogP contribution in [0.15, 0.2) is 0 Å². The maximum Gasteiger partial charge on any atom is 0.0153 e. The van der Waals surface area contributed by atoms with E-state index in [0.29, 0.717) is 5.54 Å². The van der Waals surface area contributed by atoms with Crippen molar-refractivity contribution in [1.29, 1.82) is 0 Å². The van der Waals surface area contributed by atoms with E-state index < -0.39 is 0 Å². The third kappa shape index (κ3) is 4.24. The topological polar surface area (TPSA) is 15.3 Å². The summed E-state index contributed by atoms with van der Waals surface area (Å²) in [6.07, 6.45) is 12.7. The summed E-state index contributed by atoms with van der Waals surface area (Å²) in [6.45, 7) is 8.73. The van der Waals surface area contributed by atoms with Gasteiger partial charge in [0.1, 0.15) is 0 Å². The van der Waals surface area contributed by atoms with Crippen molar-refractivity contribution >= 4 is 0 Å². The van der Waals surface area contributed by atoms with Gasteiger partial charge in [-0.1, -0.05) is 19.3 Å². The molecule has 0 radical (unpaired) electrons. The Morgan fingerprint density at radius 1 is 1.17 bits per heavy atom. The molecule has 2 atom stereocenters. The molecule has 18 heavy (non-hydrogen) atoms. The summed E-state index contributed by atoms with van der Waals surface area (Å²) in [5, 5.41) is 3.67. The minimum atomic E-state index is 0.476. The predicted octanol–water partition coefficient (Wildman–Crippen LogP) is 3.56. The monoisotopic (exact) mass is 252 g/mol. The average molecular weight is 252 g/mol. The number of nitrogens with one attached hydrogen (secondary N) is 1. The molecule has 2 heteroatoms. The molecular formula is C16H32N2. The Labute approximate surface area is 114 Å². The lowest BCUT2D eigenvalue weighted by Gasteiger charge is -2.24. The summed E-state index contributed by atoms with van der Waals surface area (Å²) in [6, 6.07) is 0.853. The van der Waals surface area contributed by atoms with Crippen LogP contribution in [0.3, 0.4) is 0 Å². The SMILES string of the molecule is CC1CCCN1CCCCCCC1(C)CCCN1. The van der Waals surface area contributed by atoms with Crippen molar-refractivity contribution < 1.29 is 0 Å². The molecule has 2 aliphatic heterocycles. The molecule has 0 amide bonds. The first-order chi connectivity index (χ1) is 8.70. The second kappa shape index (κ2) is 6.91. The number of hydrogen-bond acceptors (Lipinski definition) is 2. The Hall–Kier alpha value is -0.0800. The van der Waals surface area contributed by atoms with Crippen LogP contribution < -0.4 is 5.32 Å². The van der Waals surface area contributed by atoms with Gasteiger partial charge in [0.25, 0.3) is 0 Å². The van der Waals surface area contributed by atoms with Gasteiger partial charge in [0.2, 0.25) is 0 Å². The largest absolute Gasteiger partial charge is 0.312 e. The molecule has 0 aromatic rings. The molecule has 0 bridgehead atoms. The molecule has 0 spiro atoms. The van der Waals surface area contributed by atoms with Crippen molar-refractivity contribution in [2.75, 3.05) is 19.6 Å². The smallest absolute Gasteiger partial charge is 0.0153 e. The second-order valence-electron chi connectivity index (χ2n) is 6.78. The van der Waals surface area contributed by atoms with Gasteiger partial charge in [-0.2, -0.15) is 0 Å². The molecule has 2 rings (SSSR count). The van der Waals surface area contributed by atoms with E-state index in [2.05, 4.69) is 24.1 Å². The van der Waals surface area contributed by atoms with E-state index in [-0.39, 0.29) is 0 Å². The van der Waals surface area contributed by atoms with Gasteiger partial charge in [0, 0.05) is 11.6 Å². The van der Waals surface area contributed by atoms with Crippen molar-refractivity contribution in [3.63, 3.8) is 0 Å². The zero-order valence-electron chi connectivity index (χ0n) is 12.5. The van der Waals surface area contributed by atoms with Crippen molar-refractivity contribution in [2.45, 2.75) is 83.2 Å². The van der Waals surface area contributed by atoms with Gasteiger partial charge in [-0.25, -0.2) is 0 Å². The molecule has 2 aliphatic rings. The van der Waals surface area contributed by atoms with Crippen molar-refractivity contribution in [2.24, 2.45) is 0 Å². The molecular weight excluding hydrogens is 220 g/mol. The average Bonchev–Trinajstić information content (AvgIpc) is 2.94. The van der Waals surface area contributed by atoms with Gasteiger partial charge in [-0.3, -0.25) is 0 Å². The van der Waals surface area contributed by atoms with Crippen LogP contribution in [0.1, 0.15) is 71.6 Å². The lowest BCUT2D eigenvalue weighted by atomic mass is 9.93. The first-order valence-electron chi connectivity index (χ1n) is 8.19. The lowest BCUT2D eigenvalue weighted by molar-refractivity contribution is 0.261. The van der Waals surface area contributed by atoms with E-state index in [9.17, 15) is 0 Å². The van der Waals surface area contributed by atoms with Gasteiger partial charge in [-0.05, 0) is 72.0 Å². The summed E-state index contributed by atoms with van der Waals surface area (Å²) in [5.74, 6) is 0. The van der Waals surface area contributed by atoms with Crippen LogP contribution in [0.2, 0.25) is 0 Å². The maximum absolute atomic E-state index is 3.67. The molecule has 106 valence electrons. The van der Waals surface area contributed by atoms with Crippen LogP contribution in [0.4, 0.5) is 0 Å². The Bertz CT molecular complexity index is 233. The van der Waals surface area contributed by atoms with E-state index in [1.165, 1.54) is 77.4 Å². The normalized spacial score (nSPS) is 33.3. The fourth-order valence-electron chi connectivity index (χ4n) is 3.68. The van der Waals surface area contributed by atoms with Crippen molar-refractivity contribution in [3.05, 3.63) is 0 Å². The highest BCUT2D eigenvalue weighted by Gasteiger charge is 2.26. The Balaban J connectivity index is 1.46. The molecule has 0 aromatic heterocycles. The van der Waals surface area contributed by atoms with E-state index in [4.69, 9.17) is 0 Å². The first-order valence-corrected chi connectivity index (χ1v) is 8.19. The summed E-state index contributed by atoms with van der Waals surface area (Å²) in [4.78, 5) is 2.68. The fourth-order valence-corrected chi connectivity index (χ4v) is 3.68. The fraction of sp³-hybridized carbons (Fsp3) is 1.00. The summed E-state index contributed by atoms with van der Waals surface area (Å²) in [5.41, 5.74) is 0.476. The van der Waals surface area contributed by atoms with Gasteiger partial charge >= 0.3 is 0 Å². The highest BCUT2D eigenvalue weighted by Crippen LogP contribution is 2.25. The highest BCUT2D eigenvalue weighted by molar-refractivity contribution is 4.88. The quantitative estimate of drug-likeness (QED) is 0.697. The third-order valence-corrected chi connectivity index (χ3v) is 5.07. The molecule has 2 unspecified atom stereocenters. The molecule has 0 aliphatic carbocycles. The van der Waals surface area contributed by atoms with Crippen molar-refractivity contribution in [1.82, 2.24) is 10.2 Å². The summed E-state index contributed by atoms with van der Waals surface area (Å²) in [7, 11) is 0. The predicted molar refractivity (Wildman–Crippen MR) is 79.0 cm³/mol. The van der Waals surface area contributed by atoms with Crippen LogP contribution in [0.5, 0.6) is 0 Å². The van der Waals surface area contributed by atoms with E-state index in [0.717, 1.165) is 6.04 Å². The van der Waals surface area contributed by atoms with Crippen molar-refractivity contribution in [3.8, 4) is 0 Å². The first kappa shape index (κ1) is 14.3. The lowest BCUT2D eigenvalue weighted by Crippen LogP contribution is -2.35. The molecule has 0 saturated carbocycles. The van der Waals surface area contributed by atoms with Crippen LogP contribution in [0.25, 0.3) is 0 Å². The summed E-state index contributed by atoms with van der Waals surface area (Å²) >= 11 is 0. The Kier molecular flexibility index (Phi) is 5.50. The van der Waals surface area contributed by atoms with E-state index in [1.807, 2.05) is 0 Å². The van der Waals surface area contributed by atoms with Gasteiger partial charge < -0.3 is 10.2 Å². The van der Waals surface area contributed by atoms with Crippen LogP contribution in [-0.2, 0) is 0 Å². The second-order valence-corrected chi connectivity index (χ2v) is 6.78. The standard InChI is InChI=1S/C16H32N2/c1-15-9-7-14-18(15)13-6-4-3-5-10-16(2)11-8-12-17-16/h15,17H,3-14H2,1-2H3. The minimum absolute atomic E-state index is 0.476. The molecule has 2 nitrogen and oxygen atoms in total. The third-order valence-electron chi connectivity index (χ3n) is 5.07. The maximum atomic E-state index is 3.67. The minimum Gasteiger partial charge on any atom is -0.312 e. The zero-order chi connectivity index (χ0) is 12.8. The number of unbranched alkanes of at least 4 members (excludes halogenated alkanes) is 3. The molecule has 0 aromatic carbocycles. The van der Waals surface area contributed by atoms with Crippen LogP contribution >= 0.6 is 0 Å². The Morgan fingerprint density at radius 3 is 2.67 bits per heavy atom. The van der Waals surface area contributed by atoms with E-state index >= 15 is 0 Å². The van der Waals surface area contributed by atoms with Gasteiger partial charge in [0.15, 0.2) is 0 Å². The summed E-state index contributed by atoms with van der Waals surface area (Å²) < 4.78 is 0. The molecule has 1 N–H and O–H groups in total. The highest BCUT2D eigenvalue weighted by atomic mass is 15.2. The molecule has 2 fully saturated rings. The van der Waals surface area contributed by atoms with Crippen LogP contribution in [0, 0.1) is 0 Å². The zero-order valence-corrected chi connectivity index (χ0v) is 12.5. The molecule has 2 heterocycles.